The molecule has 2 N–H and O–H groups in total. The van der Waals surface area contributed by atoms with Gasteiger partial charge in [-0.25, -0.2) is 4.39 Å². The van der Waals surface area contributed by atoms with Crippen LogP contribution in [0.4, 0.5) is 4.39 Å². The lowest BCUT2D eigenvalue weighted by Crippen LogP contribution is -2.54. The van der Waals surface area contributed by atoms with Crippen LogP contribution in [-0.2, 0) is 0 Å². The Balaban J connectivity index is 2.10. The Morgan fingerprint density at radius 3 is 2.83 bits per heavy atom. The molecule has 1 aromatic rings. The highest BCUT2D eigenvalue weighted by Crippen LogP contribution is 2.25. The van der Waals surface area contributed by atoms with Crippen LogP contribution < -0.4 is 10.6 Å². The number of piperidine rings is 1. The van der Waals surface area contributed by atoms with Crippen molar-refractivity contribution in [2.45, 2.75) is 26.3 Å². The topological polar surface area (TPSA) is 41.1 Å². The van der Waals surface area contributed by atoms with Crippen LogP contribution in [-0.4, -0.2) is 25.0 Å². The molecule has 0 aromatic heterocycles. The fourth-order valence-electron chi connectivity index (χ4n) is 2.32. The number of benzene rings is 1. The average molecular weight is 250 g/mol. The van der Waals surface area contributed by atoms with Gasteiger partial charge in [0.05, 0.1) is 5.56 Å². The predicted molar refractivity (Wildman–Crippen MR) is 68.9 cm³/mol. The molecule has 0 radical (unpaired) electrons. The lowest BCUT2D eigenvalue weighted by atomic mass is 9.80. The maximum Gasteiger partial charge on any atom is 0.254 e. The monoisotopic (exact) mass is 250 g/mol. The molecule has 1 amide bonds. The van der Waals surface area contributed by atoms with E-state index in [-0.39, 0.29) is 22.9 Å². The van der Waals surface area contributed by atoms with E-state index in [2.05, 4.69) is 24.5 Å². The molecule has 0 saturated carbocycles. The van der Waals surface area contributed by atoms with Gasteiger partial charge in [-0.1, -0.05) is 26.0 Å². The van der Waals surface area contributed by atoms with Gasteiger partial charge in [0, 0.05) is 12.6 Å². The van der Waals surface area contributed by atoms with E-state index in [1.54, 1.807) is 12.1 Å². The minimum atomic E-state index is -0.471. The van der Waals surface area contributed by atoms with Crippen molar-refractivity contribution in [2.75, 3.05) is 13.1 Å². The van der Waals surface area contributed by atoms with E-state index in [1.807, 2.05) is 0 Å². The molecule has 0 spiro atoms. The van der Waals surface area contributed by atoms with Crippen molar-refractivity contribution >= 4 is 5.91 Å². The standard InChI is InChI=1S/C14H19FN2O/c1-14(2)9-16-8-7-12(14)17-13(18)10-5-3-4-6-11(10)15/h3-6,12,16H,7-9H2,1-2H3,(H,17,18). The van der Waals surface area contributed by atoms with E-state index in [1.165, 1.54) is 12.1 Å². The maximum absolute atomic E-state index is 13.5. The molecular weight excluding hydrogens is 231 g/mol. The lowest BCUT2D eigenvalue weighted by Gasteiger charge is -2.39. The Labute approximate surface area is 107 Å². The van der Waals surface area contributed by atoms with Gasteiger partial charge in [0.2, 0.25) is 0 Å². The van der Waals surface area contributed by atoms with Crippen LogP contribution in [0.5, 0.6) is 0 Å². The number of nitrogens with one attached hydrogen (secondary N) is 2. The molecule has 0 bridgehead atoms. The molecule has 18 heavy (non-hydrogen) atoms. The van der Waals surface area contributed by atoms with E-state index in [9.17, 15) is 9.18 Å². The molecule has 1 aliphatic heterocycles. The molecule has 98 valence electrons. The van der Waals surface area contributed by atoms with Crippen molar-refractivity contribution in [2.24, 2.45) is 5.41 Å². The molecule has 2 rings (SSSR count). The Hall–Kier alpha value is -1.42. The van der Waals surface area contributed by atoms with Crippen molar-refractivity contribution in [3.05, 3.63) is 35.6 Å². The van der Waals surface area contributed by atoms with Gasteiger partial charge >= 0.3 is 0 Å². The highest BCUT2D eigenvalue weighted by Gasteiger charge is 2.33. The highest BCUT2D eigenvalue weighted by molar-refractivity contribution is 5.94. The zero-order valence-corrected chi connectivity index (χ0v) is 10.8. The molecule has 1 heterocycles. The Morgan fingerprint density at radius 2 is 2.17 bits per heavy atom. The Kier molecular flexibility index (Phi) is 3.66. The first-order valence-electron chi connectivity index (χ1n) is 6.27. The van der Waals surface area contributed by atoms with Crippen LogP contribution in [0.2, 0.25) is 0 Å². The van der Waals surface area contributed by atoms with E-state index in [0.29, 0.717) is 0 Å². The largest absolute Gasteiger partial charge is 0.349 e. The fraction of sp³-hybridized carbons (Fsp3) is 0.500. The summed E-state index contributed by atoms with van der Waals surface area (Å²) in [4.78, 5) is 12.0. The molecule has 1 saturated heterocycles. The second kappa shape index (κ2) is 5.06. The smallest absolute Gasteiger partial charge is 0.254 e. The molecule has 1 aliphatic rings. The maximum atomic E-state index is 13.5. The molecule has 1 aromatic carbocycles. The van der Waals surface area contributed by atoms with Crippen LogP contribution in [0.15, 0.2) is 24.3 Å². The quantitative estimate of drug-likeness (QED) is 0.842. The number of hydrogen-bond donors (Lipinski definition) is 2. The number of hydrogen-bond acceptors (Lipinski definition) is 2. The minimum Gasteiger partial charge on any atom is -0.349 e. The first kappa shape index (κ1) is 13.0. The van der Waals surface area contributed by atoms with Gasteiger partial charge in [-0.05, 0) is 30.5 Å². The summed E-state index contributed by atoms with van der Waals surface area (Å²) in [5.41, 5.74) is 0.103. The molecular formula is C14H19FN2O. The molecule has 1 atom stereocenters. The van der Waals surface area contributed by atoms with Crippen LogP contribution in [0.3, 0.4) is 0 Å². The van der Waals surface area contributed by atoms with Gasteiger partial charge in [-0.15, -0.1) is 0 Å². The predicted octanol–water partition coefficient (Wildman–Crippen LogP) is 1.94. The van der Waals surface area contributed by atoms with Gasteiger partial charge in [0.15, 0.2) is 0 Å². The molecule has 0 aliphatic carbocycles. The molecule has 3 nitrogen and oxygen atoms in total. The van der Waals surface area contributed by atoms with Gasteiger partial charge in [0.1, 0.15) is 5.82 Å². The van der Waals surface area contributed by atoms with Crippen molar-refractivity contribution < 1.29 is 9.18 Å². The average Bonchev–Trinajstić information content (AvgIpc) is 2.32. The highest BCUT2D eigenvalue weighted by atomic mass is 19.1. The van der Waals surface area contributed by atoms with Gasteiger partial charge < -0.3 is 10.6 Å². The summed E-state index contributed by atoms with van der Waals surface area (Å²) in [7, 11) is 0. The van der Waals surface area contributed by atoms with Crippen molar-refractivity contribution in [3.63, 3.8) is 0 Å². The molecule has 4 heteroatoms. The summed E-state index contributed by atoms with van der Waals surface area (Å²) in [5.74, 6) is -0.796. The third-order valence-electron chi connectivity index (χ3n) is 3.56. The number of carbonyl (C=O) groups excluding carboxylic acids is 1. The number of carbonyl (C=O) groups is 1. The lowest BCUT2D eigenvalue weighted by molar-refractivity contribution is 0.0864. The second-order valence-electron chi connectivity index (χ2n) is 5.46. The zero-order valence-electron chi connectivity index (χ0n) is 10.8. The number of rotatable bonds is 2. The van der Waals surface area contributed by atoms with E-state index in [4.69, 9.17) is 0 Å². The van der Waals surface area contributed by atoms with E-state index < -0.39 is 5.82 Å². The van der Waals surface area contributed by atoms with Crippen LogP contribution >= 0.6 is 0 Å². The van der Waals surface area contributed by atoms with Crippen LogP contribution in [0, 0.1) is 11.2 Å². The summed E-state index contributed by atoms with van der Waals surface area (Å²) < 4.78 is 13.5. The zero-order chi connectivity index (χ0) is 13.2. The minimum absolute atomic E-state index is 0.0147. The van der Waals surface area contributed by atoms with Crippen LogP contribution in [0.1, 0.15) is 30.6 Å². The van der Waals surface area contributed by atoms with Gasteiger partial charge in [-0.3, -0.25) is 4.79 Å². The second-order valence-corrected chi connectivity index (χ2v) is 5.46. The molecule has 1 fully saturated rings. The number of halogens is 1. The van der Waals surface area contributed by atoms with Gasteiger partial charge in [-0.2, -0.15) is 0 Å². The van der Waals surface area contributed by atoms with Gasteiger partial charge in [0.25, 0.3) is 5.91 Å². The van der Waals surface area contributed by atoms with Crippen molar-refractivity contribution in [1.82, 2.24) is 10.6 Å². The third-order valence-corrected chi connectivity index (χ3v) is 3.56. The first-order valence-corrected chi connectivity index (χ1v) is 6.27. The summed E-state index contributed by atoms with van der Waals surface area (Å²) in [5, 5.41) is 6.25. The molecule has 1 unspecified atom stereocenters. The summed E-state index contributed by atoms with van der Waals surface area (Å²) in [6.45, 7) is 5.94. The SMILES string of the molecule is CC1(C)CNCCC1NC(=O)c1ccccc1F. The fourth-order valence-corrected chi connectivity index (χ4v) is 2.32. The summed E-state index contributed by atoms with van der Waals surface area (Å²) in [6, 6.07) is 6.15. The Morgan fingerprint density at radius 1 is 1.44 bits per heavy atom. The normalized spacial score (nSPS) is 22.5. The van der Waals surface area contributed by atoms with E-state index in [0.717, 1.165) is 19.5 Å². The first-order chi connectivity index (χ1) is 8.50. The summed E-state index contributed by atoms with van der Waals surface area (Å²) >= 11 is 0. The van der Waals surface area contributed by atoms with Crippen molar-refractivity contribution in [3.8, 4) is 0 Å². The Bertz CT molecular complexity index is 445. The van der Waals surface area contributed by atoms with E-state index >= 15 is 0 Å². The van der Waals surface area contributed by atoms with Crippen LogP contribution in [0.25, 0.3) is 0 Å². The third kappa shape index (κ3) is 2.70. The van der Waals surface area contributed by atoms with Crippen molar-refractivity contribution in [1.29, 1.82) is 0 Å². The number of amides is 1. The summed E-state index contributed by atoms with van der Waals surface area (Å²) in [6.07, 6.45) is 0.868.